The van der Waals surface area contributed by atoms with E-state index in [0.717, 1.165) is 40.5 Å². The highest BCUT2D eigenvalue weighted by atomic mass is 19.1. The van der Waals surface area contributed by atoms with Crippen molar-refractivity contribution in [1.29, 1.82) is 0 Å². The molecule has 0 aliphatic carbocycles. The van der Waals surface area contributed by atoms with Crippen LogP contribution in [0.15, 0.2) is 60.8 Å². The standard InChI is InChI=1S/C27H25F2N5O/c1-15-5-6-16(21-11-12-31-26(33-21)27(2,3)4)13-22(15)32-23-10-9-19(25(30)35)24(34-23)18-8-7-17(28)14-20(18)29/h5-14H,1-4H3,(H2,30,35)(H,32,34). The van der Waals surface area contributed by atoms with Crippen LogP contribution in [0.4, 0.5) is 20.3 Å². The summed E-state index contributed by atoms with van der Waals surface area (Å²) in [7, 11) is 0. The number of benzene rings is 2. The summed E-state index contributed by atoms with van der Waals surface area (Å²) < 4.78 is 27.9. The highest BCUT2D eigenvalue weighted by Crippen LogP contribution is 2.30. The molecule has 0 bridgehead atoms. The summed E-state index contributed by atoms with van der Waals surface area (Å²) in [6.07, 6.45) is 1.74. The molecule has 178 valence electrons. The van der Waals surface area contributed by atoms with Gasteiger partial charge in [0.2, 0.25) is 0 Å². The first-order valence-electron chi connectivity index (χ1n) is 11.0. The van der Waals surface area contributed by atoms with E-state index in [9.17, 15) is 13.6 Å². The number of nitrogens with one attached hydrogen (secondary N) is 1. The van der Waals surface area contributed by atoms with Crippen molar-refractivity contribution in [1.82, 2.24) is 15.0 Å². The fraction of sp³-hybridized carbons (Fsp3) is 0.185. The first kappa shape index (κ1) is 23.9. The third-order valence-corrected chi connectivity index (χ3v) is 5.47. The van der Waals surface area contributed by atoms with Crippen molar-refractivity contribution in [3.05, 3.63) is 89.4 Å². The molecule has 6 nitrogen and oxygen atoms in total. The molecule has 2 aromatic heterocycles. The molecule has 2 heterocycles. The van der Waals surface area contributed by atoms with Gasteiger partial charge in [0.25, 0.3) is 5.91 Å². The summed E-state index contributed by atoms with van der Waals surface area (Å²) >= 11 is 0. The number of nitrogens with two attached hydrogens (primary N) is 1. The number of hydrogen-bond acceptors (Lipinski definition) is 5. The second-order valence-electron chi connectivity index (χ2n) is 9.25. The molecule has 0 aliphatic heterocycles. The lowest BCUT2D eigenvalue weighted by atomic mass is 9.95. The smallest absolute Gasteiger partial charge is 0.250 e. The van der Waals surface area contributed by atoms with Gasteiger partial charge < -0.3 is 11.1 Å². The third kappa shape index (κ3) is 5.16. The van der Waals surface area contributed by atoms with Crippen LogP contribution in [-0.2, 0) is 5.41 Å². The number of aromatic nitrogens is 3. The number of nitrogens with zero attached hydrogens (tertiary/aromatic N) is 3. The van der Waals surface area contributed by atoms with Gasteiger partial charge in [-0.05, 0) is 48.9 Å². The van der Waals surface area contributed by atoms with Crippen molar-refractivity contribution in [2.75, 3.05) is 5.32 Å². The molecule has 4 aromatic rings. The van der Waals surface area contributed by atoms with Crippen LogP contribution in [0, 0.1) is 18.6 Å². The van der Waals surface area contributed by atoms with E-state index in [-0.39, 0.29) is 22.2 Å². The number of halogens is 2. The van der Waals surface area contributed by atoms with Crippen LogP contribution in [0.1, 0.15) is 42.5 Å². The van der Waals surface area contributed by atoms with Crippen molar-refractivity contribution >= 4 is 17.4 Å². The van der Waals surface area contributed by atoms with Crippen molar-refractivity contribution in [3.8, 4) is 22.5 Å². The number of carbonyl (C=O) groups excluding carboxylic acids is 1. The zero-order chi connectivity index (χ0) is 25.3. The summed E-state index contributed by atoms with van der Waals surface area (Å²) in [5.41, 5.74) is 8.67. The fourth-order valence-corrected chi connectivity index (χ4v) is 3.55. The second kappa shape index (κ2) is 9.21. The number of amides is 1. The topological polar surface area (TPSA) is 93.8 Å². The maximum atomic E-state index is 14.5. The van der Waals surface area contributed by atoms with E-state index in [2.05, 4.69) is 36.1 Å². The van der Waals surface area contributed by atoms with Gasteiger partial charge in [-0.3, -0.25) is 4.79 Å². The molecule has 0 atom stereocenters. The summed E-state index contributed by atoms with van der Waals surface area (Å²) in [5.74, 6) is -1.23. The van der Waals surface area contributed by atoms with E-state index in [1.54, 1.807) is 12.3 Å². The van der Waals surface area contributed by atoms with Gasteiger partial charge in [-0.25, -0.2) is 23.7 Å². The molecule has 0 saturated carbocycles. The quantitative estimate of drug-likeness (QED) is 0.375. The molecule has 4 rings (SSSR count). The average Bonchev–Trinajstić information content (AvgIpc) is 2.80. The molecule has 8 heteroatoms. The molecule has 0 spiro atoms. The van der Waals surface area contributed by atoms with Crippen LogP contribution in [0.2, 0.25) is 0 Å². The first-order valence-corrected chi connectivity index (χ1v) is 11.0. The van der Waals surface area contributed by atoms with E-state index >= 15 is 0 Å². The zero-order valence-electron chi connectivity index (χ0n) is 19.9. The predicted molar refractivity (Wildman–Crippen MR) is 132 cm³/mol. The average molecular weight is 474 g/mol. The Morgan fingerprint density at radius 1 is 0.971 bits per heavy atom. The molecule has 0 unspecified atom stereocenters. The second-order valence-corrected chi connectivity index (χ2v) is 9.25. The van der Waals surface area contributed by atoms with Gasteiger partial charge in [0, 0.05) is 34.5 Å². The number of anilines is 2. The Hall–Kier alpha value is -4.20. The molecule has 0 aliphatic rings. The Kier molecular flexibility index (Phi) is 6.30. The molecule has 1 amide bonds. The lowest BCUT2D eigenvalue weighted by Crippen LogP contribution is -2.16. The van der Waals surface area contributed by atoms with E-state index in [0.29, 0.717) is 5.82 Å². The summed E-state index contributed by atoms with van der Waals surface area (Å²) in [5, 5.41) is 3.23. The van der Waals surface area contributed by atoms with Crippen LogP contribution in [0.3, 0.4) is 0 Å². The van der Waals surface area contributed by atoms with Crippen LogP contribution in [0.5, 0.6) is 0 Å². The van der Waals surface area contributed by atoms with Crippen molar-refractivity contribution in [2.45, 2.75) is 33.1 Å². The van der Waals surface area contributed by atoms with E-state index in [1.807, 2.05) is 31.2 Å². The van der Waals surface area contributed by atoms with E-state index in [4.69, 9.17) is 10.7 Å². The summed E-state index contributed by atoms with van der Waals surface area (Å²) in [4.78, 5) is 25.5. The lowest BCUT2D eigenvalue weighted by Gasteiger charge is -2.17. The minimum Gasteiger partial charge on any atom is -0.366 e. The maximum absolute atomic E-state index is 14.5. The molecule has 3 N–H and O–H groups in total. The van der Waals surface area contributed by atoms with Gasteiger partial charge in [-0.2, -0.15) is 0 Å². The number of aryl methyl sites for hydroxylation is 1. The largest absolute Gasteiger partial charge is 0.366 e. The number of hydrogen-bond donors (Lipinski definition) is 2. The molecule has 0 saturated heterocycles. The molecular formula is C27H25F2N5O. The first-order chi connectivity index (χ1) is 16.5. The molecule has 35 heavy (non-hydrogen) atoms. The Morgan fingerprint density at radius 2 is 1.74 bits per heavy atom. The highest BCUT2D eigenvalue weighted by molar-refractivity contribution is 5.99. The Labute approximate surface area is 202 Å². The monoisotopic (exact) mass is 473 g/mol. The number of carbonyl (C=O) groups is 1. The van der Waals surface area contributed by atoms with Crippen LogP contribution in [-0.4, -0.2) is 20.9 Å². The fourth-order valence-electron chi connectivity index (χ4n) is 3.55. The van der Waals surface area contributed by atoms with Gasteiger partial charge in [0.1, 0.15) is 23.3 Å². The number of rotatable bonds is 5. The minimum atomic E-state index is -0.839. The van der Waals surface area contributed by atoms with Crippen LogP contribution in [0.25, 0.3) is 22.5 Å². The highest BCUT2D eigenvalue weighted by Gasteiger charge is 2.19. The molecular weight excluding hydrogens is 448 g/mol. The van der Waals surface area contributed by atoms with Gasteiger partial charge in [0.05, 0.1) is 17.0 Å². The van der Waals surface area contributed by atoms with E-state index < -0.39 is 17.5 Å². The van der Waals surface area contributed by atoms with Crippen molar-refractivity contribution < 1.29 is 13.6 Å². The summed E-state index contributed by atoms with van der Waals surface area (Å²) in [6.45, 7) is 8.09. The Bertz CT molecular complexity index is 1430. The van der Waals surface area contributed by atoms with Crippen LogP contribution >= 0.6 is 0 Å². The third-order valence-electron chi connectivity index (χ3n) is 5.47. The predicted octanol–water partition coefficient (Wildman–Crippen LogP) is 5.93. The number of pyridine rings is 1. The molecule has 0 radical (unpaired) electrons. The Balaban J connectivity index is 1.74. The maximum Gasteiger partial charge on any atom is 0.250 e. The normalized spacial score (nSPS) is 11.4. The van der Waals surface area contributed by atoms with Crippen molar-refractivity contribution in [3.63, 3.8) is 0 Å². The Morgan fingerprint density at radius 3 is 2.43 bits per heavy atom. The summed E-state index contributed by atoms with van der Waals surface area (Å²) in [6, 6.07) is 13.8. The SMILES string of the molecule is Cc1ccc(-c2ccnc(C(C)(C)C)n2)cc1Nc1ccc(C(N)=O)c(-c2ccc(F)cc2F)n1. The zero-order valence-corrected chi connectivity index (χ0v) is 19.9. The molecule has 0 fully saturated rings. The van der Waals surface area contributed by atoms with Gasteiger partial charge in [-0.15, -0.1) is 0 Å². The number of primary amides is 1. The van der Waals surface area contributed by atoms with Gasteiger partial charge >= 0.3 is 0 Å². The minimum absolute atomic E-state index is 0.0231. The van der Waals surface area contributed by atoms with Crippen LogP contribution < -0.4 is 11.1 Å². The van der Waals surface area contributed by atoms with Crippen molar-refractivity contribution in [2.24, 2.45) is 5.73 Å². The van der Waals surface area contributed by atoms with Gasteiger partial charge in [-0.1, -0.05) is 32.9 Å². The van der Waals surface area contributed by atoms with Gasteiger partial charge in [0.15, 0.2) is 0 Å². The lowest BCUT2D eigenvalue weighted by molar-refractivity contribution is 0.100. The van der Waals surface area contributed by atoms with E-state index in [1.165, 1.54) is 12.1 Å². The molecule has 2 aromatic carbocycles.